The molecule has 0 aliphatic heterocycles. The molecule has 1 aromatic heterocycles. The molecule has 0 amide bonds. The topological polar surface area (TPSA) is 46.0 Å². The van der Waals surface area contributed by atoms with Crippen molar-refractivity contribution in [3.05, 3.63) is 44.3 Å². The van der Waals surface area contributed by atoms with Crippen LogP contribution in [0.2, 0.25) is 0 Å². The Morgan fingerprint density at radius 3 is 2.83 bits per heavy atom. The molecule has 0 atom stereocenters. The van der Waals surface area contributed by atoms with E-state index in [9.17, 15) is 8.78 Å². The summed E-state index contributed by atoms with van der Waals surface area (Å²) in [7, 11) is 0. The van der Waals surface area contributed by atoms with E-state index in [-0.39, 0.29) is 12.4 Å². The highest BCUT2D eigenvalue weighted by atomic mass is 79.9. The summed E-state index contributed by atoms with van der Waals surface area (Å²) >= 11 is 4.56. The Morgan fingerprint density at radius 1 is 1.44 bits per heavy atom. The zero-order chi connectivity index (χ0) is 13.1. The summed E-state index contributed by atoms with van der Waals surface area (Å²) < 4.78 is 32.7. The van der Waals surface area contributed by atoms with Crippen molar-refractivity contribution in [3.63, 3.8) is 0 Å². The van der Waals surface area contributed by atoms with Gasteiger partial charge < -0.3 is 10.1 Å². The molecular formula is C11H7BrF2N2OS. The number of benzene rings is 1. The van der Waals surface area contributed by atoms with E-state index in [1.165, 1.54) is 17.4 Å². The standard InChI is InChI=1S/C11H7BrF2N2OS/c12-9-5-18-10(16-9)4-17-8-2-1-7(13)6(3-15)11(8)14/h1-3,5,15H,4H2. The van der Waals surface area contributed by atoms with Gasteiger partial charge in [-0.15, -0.1) is 11.3 Å². The highest BCUT2D eigenvalue weighted by Crippen LogP contribution is 2.24. The lowest BCUT2D eigenvalue weighted by atomic mass is 10.2. The van der Waals surface area contributed by atoms with Crippen LogP contribution in [0.15, 0.2) is 22.1 Å². The van der Waals surface area contributed by atoms with Gasteiger partial charge in [0.2, 0.25) is 0 Å². The normalized spacial score (nSPS) is 10.4. The molecule has 1 heterocycles. The monoisotopic (exact) mass is 332 g/mol. The van der Waals surface area contributed by atoms with Crippen molar-refractivity contribution in [3.8, 4) is 5.75 Å². The quantitative estimate of drug-likeness (QED) is 0.866. The minimum atomic E-state index is -0.874. The zero-order valence-electron chi connectivity index (χ0n) is 8.91. The Labute approximate surface area is 114 Å². The van der Waals surface area contributed by atoms with Crippen molar-refractivity contribution in [1.82, 2.24) is 4.98 Å². The SMILES string of the molecule is N=Cc1c(F)ccc(OCc2nc(Br)cs2)c1F. The van der Waals surface area contributed by atoms with Gasteiger partial charge in [0.15, 0.2) is 11.6 Å². The lowest BCUT2D eigenvalue weighted by molar-refractivity contribution is 0.288. The number of rotatable bonds is 4. The average molecular weight is 333 g/mol. The van der Waals surface area contributed by atoms with Gasteiger partial charge in [0.05, 0.1) is 5.56 Å². The number of ether oxygens (including phenoxy) is 1. The maximum absolute atomic E-state index is 13.7. The van der Waals surface area contributed by atoms with E-state index in [1.807, 2.05) is 0 Å². The molecule has 1 aromatic carbocycles. The van der Waals surface area contributed by atoms with Crippen LogP contribution in [0.5, 0.6) is 5.75 Å². The van der Waals surface area contributed by atoms with Crippen molar-refractivity contribution in [1.29, 1.82) is 5.41 Å². The maximum Gasteiger partial charge on any atom is 0.176 e. The number of aromatic nitrogens is 1. The molecule has 0 spiro atoms. The minimum absolute atomic E-state index is 0.0935. The van der Waals surface area contributed by atoms with Gasteiger partial charge >= 0.3 is 0 Å². The molecule has 0 unspecified atom stereocenters. The van der Waals surface area contributed by atoms with Gasteiger partial charge in [-0.3, -0.25) is 0 Å². The van der Waals surface area contributed by atoms with Crippen LogP contribution in [0.4, 0.5) is 8.78 Å². The first-order chi connectivity index (χ1) is 8.61. The molecule has 0 aliphatic carbocycles. The summed E-state index contributed by atoms with van der Waals surface area (Å²) in [6.07, 6.45) is 0.623. The van der Waals surface area contributed by atoms with E-state index < -0.39 is 17.2 Å². The van der Waals surface area contributed by atoms with Gasteiger partial charge in [0.1, 0.15) is 22.0 Å². The molecule has 0 radical (unpaired) electrons. The Hall–Kier alpha value is -1.34. The molecule has 18 heavy (non-hydrogen) atoms. The van der Waals surface area contributed by atoms with Gasteiger partial charge in [-0.1, -0.05) is 0 Å². The summed E-state index contributed by atoms with van der Waals surface area (Å²) in [4.78, 5) is 4.08. The largest absolute Gasteiger partial charge is 0.483 e. The first-order valence-electron chi connectivity index (χ1n) is 4.83. The lowest BCUT2D eigenvalue weighted by Crippen LogP contribution is -2.01. The molecule has 1 N–H and O–H groups in total. The van der Waals surface area contributed by atoms with Crippen molar-refractivity contribution >= 4 is 33.5 Å². The van der Waals surface area contributed by atoms with Crippen molar-refractivity contribution < 1.29 is 13.5 Å². The summed E-state index contributed by atoms with van der Waals surface area (Å²) in [5.74, 6) is -1.76. The molecule has 0 aliphatic rings. The molecule has 0 bridgehead atoms. The van der Waals surface area contributed by atoms with Gasteiger partial charge in [-0.25, -0.2) is 13.8 Å². The molecule has 94 valence electrons. The first kappa shape index (κ1) is 13.1. The second-order valence-corrected chi connectivity index (χ2v) is 5.03. The summed E-state index contributed by atoms with van der Waals surface area (Å²) in [6, 6.07) is 2.26. The fourth-order valence-corrected chi connectivity index (χ4v) is 2.46. The van der Waals surface area contributed by atoms with Gasteiger partial charge in [-0.2, -0.15) is 0 Å². The maximum atomic E-state index is 13.7. The van der Waals surface area contributed by atoms with Crippen LogP contribution in [0.3, 0.4) is 0 Å². The molecule has 3 nitrogen and oxygen atoms in total. The molecule has 0 fully saturated rings. The molecule has 0 saturated carbocycles. The Bertz CT molecular complexity index is 588. The number of halogens is 3. The smallest absolute Gasteiger partial charge is 0.176 e. The third-order valence-corrected chi connectivity index (χ3v) is 3.64. The van der Waals surface area contributed by atoms with Crippen LogP contribution < -0.4 is 4.74 Å². The summed E-state index contributed by atoms with van der Waals surface area (Å²) in [5.41, 5.74) is -0.409. The van der Waals surface area contributed by atoms with Crippen LogP contribution in [0.25, 0.3) is 0 Å². The first-order valence-corrected chi connectivity index (χ1v) is 6.50. The fourth-order valence-electron chi connectivity index (χ4n) is 1.29. The highest BCUT2D eigenvalue weighted by Gasteiger charge is 2.13. The van der Waals surface area contributed by atoms with Crippen LogP contribution >= 0.6 is 27.3 Å². The molecule has 0 saturated heterocycles. The number of thiazole rings is 1. The lowest BCUT2D eigenvalue weighted by Gasteiger charge is -2.07. The van der Waals surface area contributed by atoms with E-state index in [0.717, 1.165) is 6.07 Å². The van der Waals surface area contributed by atoms with E-state index in [1.54, 1.807) is 5.38 Å². The molecular weight excluding hydrogens is 326 g/mol. The predicted octanol–water partition coefficient (Wildman–Crippen LogP) is 3.76. The second-order valence-electron chi connectivity index (χ2n) is 3.27. The van der Waals surface area contributed by atoms with Gasteiger partial charge in [0.25, 0.3) is 0 Å². The summed E-state index contributed by atoms with van der Waals surface area (Å²) in [5, 5.41) is 9.39. The van der Waals surface area contributed by atoms with Gasteiger partial charge in [0, 0.05) is 11.6 Å². The minimum Gasteiger partial charge on any atom is -0.483 e. The van der Waals surface area contributed by atoms with Crippen LogP contribution in [-0.4, -0.2) is 11.2 Å². The molecule has 2 rings (SSSR count). The number of hydrogen-bond donors (Lipinski definition) is 1. The zero-order valence-corrected chi connectivity index (χ0v) is 11.3. The Balaban J connectivity index is 2.17. The van der Waals surface area contributed by atoms with Crippen LogP contribution in [-0.2, 0) is 6.61 Å². The van der Waals surface area contributed by atoms with E-state index >= 15 is 0 Å². The fraction of sp³-hybridized carbons (Fsp3) is 0.0909. The van der Waals surface area contributed by atoms with Crippen molar-refractivity contribution in [2.75, 3.05) is 0 Å². The van der Waals surface area contributed by atoms with E-state index in [2.05, 4.69) is 20.9 Å². The van der Waals surface area contributed by atoms with Crippen LogP contribution in [0.1, 0.15) is 10.6 Å². The third-order valence-electron chi connectivity index (χ3n) is 2.11. The van der Waals surface area contributed by atoms with E-state index in [0.29, 0.717) is 15.8 Å². The van der Waals surface area contributed by atoms with E-state index in [4.69, 9.17) is 10.1 Å². The van der Waals surface area contributed by atoms with Crippen LogP contribution in [0, 0.1) is 17.0 Å². The van der Waals surface area contributed by atoms with Crippen molar-refractivity contribution in [2.45, 2.75) is 6.61 Å². The number of nitrogens with zero attached hydrogens (tertiary/aromatic N) is 1. The third kappa shape index (κ3) is 2.73. The number of nitrogens with one attached hydrogen (secondary N) is 1. The Morgan fingerprint density at radius 2 is 2.22 bits per heavy atom. The second kappa shape index (κ2) is 5.53. The highest BCUT2D eigenvalue weighted by molar-refractivity contribution is 9.10. The predicted molar refractivity (Wildman–Crippen MR) is 68.4 cm³/mol. The van der Waals surface area contributed by atoms with Crippen molar-refractivity contribution in [2.24, 2.45) is 0 Å². The Kier molecular flexibility index (Phi) is 4.03. The number of hydrogen-bond acceptors (Lipinski definition) is 4. The molecule has 2 aromatic rings. The average Bonchev–Trinajstić information content (AvgIpc) is 2.75. The summed E-state index contributed by atoms with van der Waals surface area (Å²) in [6.45, 7) is 0.0935. The van der Waals surface area contributed by atoms with Gasteiger partial charge in [-0.05, 0) is 28.1 Å². The molecule has 7 heteroatoms.